The summed E-state index contributed by atoms with van der Waals surface area (Å²) in [4.78, 5) is 0. The molecule has 2 nitrogen and oxygen atoms in total. The highest BCUT2D eigenvalue weighted by atomic mass is 16.5. The first kappa shape index (κ1) is 19.8. The number of methoxy groups -OCH3 is 2. The molecular weight excluding hydrogens is 368 g/mol. The summed E-state index contributed by atoms with van der Waals surface area (Å²) in [7, 11) is 3.48. The van der Waals surface area contributed by atoms with E-state index in [2.05, 4.69) is 73.8 Å². The van der Waals surface area contributed by atoms with E-state index in [9.17, 15) is 0 Å². The maximum Gasteiger partial charge on any atom is 0.130 e. The van der Waals surface area contributed by atoms with Crippen LogP contribution in [-0.4, -0.2) is 14.2 Å². The normalized spacial score (nSPS) is 10.9. The number of benzene rings is 4. The first-order chi connectivity index (χ1) is 14.7. The van der Waals surface area contributed by atoms with Crippen LogP contribution in [0.2, 0.25) is 0 Å². The molecule has 2 heteroatoms. The Morgan fingerprint density at radius 1 is 0.667 bits per heavy atom. The molecule has 150 valence electrons. The van der Waals surface area contributed by atoms with Crippen LogP contribution in [0.3, 0.4) is 0 Å². The van der Waals surface area contributed by atoms with Gasteiger partial charge in [-0.25, -0.2) is 0 Å². The van der Waals surface area contributed by atoms with Crippen molar-refractivity contribution < 1.29 is 9.47 Å². The van der Waals surface area contributed by atoms with Gasteiger partial charge in [0, 0.05) is 11.1 Å². The van der Waals surface area contributed by atoms with Gasteiger partial charge in [0.2, 0.25) is 0 Å². The molecule has 0 N–H and O–H groups in total. The molecule has 0 aliphatic rings. The molecule has 0 spiro atoms. The molecule has 0 aliphatic heterocycles. The third-order valence-corrected chi connectivity index (χ3v) is 5.54. The van der Waals surface area contributed by atoms with E-state index < -0.39 is 0 Å². The second kappa shape index (κ2) is 8.46. The zero-order valence-corrected chi connectivity index (χ0v) is 17.6. The van der Waals surface area contributed by atoms with Crippen LogP contribution in [0.4, 0.5) is 0 Å². The highest BCUT2D eigenvalue weighted by molar-refractivity contribution is 6.10. The molecular formula is C28H26O2. The lowest BCUT2D eigenvalue weighted by molar-refractivity contribution is 0.407. The highest BCUT2D eigenvalue weighted by Gasteiger charge is 2.22. The van der Waals surface area contributed by atoms with E-state index in [0.717, 1.165) is 57.4 Å². The Kier molecular flexibility index (Phi) is 5.58. The maximum atomic E-state index is 6.02. The van der Waals surface area contributed by atoms with Gasteiger partial charge in [-0.2, -0.15) is 0 Å². The van der Waals surface area contributed by atoms with Gasteiger partial charge in [0.25, 0.3) is 0 Å². The third kappa shape index (κ3) is 3.25. The van der Waals surface area contributed by atoms with Gasteiger partial charge in [-0.1, -0.05) is 60.7 Å². The lowest BCUT2D eigenvalue weighted by Gasteiger charge is -2.22. The number of fused-ring (bicyclic) bond motifs is 2. The number of ether oxygens (including phenoxy) is 2. The average Bonchev–Trinajstić information content (AvgIpc) is 2.78. The Labute approximate surface area is 178 Å². The van der Waals surface area contributed by atoms with Crippen molar-refractivity contribution in [1.29, 1.82) is 0 Å². The second-order valence-electron chi connectivity index (χ2n) is 7.32. The van der Waals surface area contributed by atoms with Crippen molar-refractivity contribution in [1.82, 2.24) is 0 Å². The van der Waals surface area contributed by atoms with Gasteiger partial charge < -0.3 is 9.47 Å². The molecule has 4 aromatic rings. The summed E-state index contributed by atoms with van der Waals surface area (Å²) < 4.78 is 12.0. The monoisotopic (exact) mass is 394 g/mol. The van der Waals surface area contributed by atoms with Gasteiger partial charge in [-0.3, -0.25) is 0 Å². The fourth-order valence-corrected chi connectivity index (χ4v) is 4.35. The fraction of sp³-hybridized carbons (Fsp3) is 0.143. The van der Waals surface area contributed by atoms with Gasteiger partial charge in [0.05, 0.1) is 14.2 Å². The topological polar surface area (TPSA) is 18.5 Å². The molecule has 0 bridgehead atoms. The summed E-state index contributed by atoms with van der Waals surface area (Å²) in [6.07, 6.45) is 5.29. The smallest absolute Gasteiger partial charge is 0.130 e. The minimum atomic E-state index is 0.730. The van der Waals surface area contributed by atoms with Gasteiger partial charge in [-0.05, 0) is 57.6 Å². The summed E-state index contributed by atoms with van der Waals surface area (Å²) in [6.45, 7) is 7.89. The predicted octanol–water partition coefficient (Wildman–Crippen LogP) is 7.13. The van der Waals surface area contributed by atoms with Crippen LogP contribution in [0.5, 0.6) is 11.5 Å². The quantitative estimate of drug-likeness (QED) is 0.310. The standard InChI is InChI=1S/C28H26O2/c1-5-11-21-17-19-13-7-9-15-23(19)25(27(21)29-3)26-24-16-10-8-14-20(24)18-22(12-6-2)28(26)30-4/h5-10,13-18H,1-2,11-12H2,3-4H3. The number of rotatable bonds is 7. The zero-order valence-electron chi connectivity index (χ0n) is 17.6. The zero-order chi connectivity index (χ0) is 21.1. The van der Waals surface area contributed by atoms with Crippen molar-refractivity contribution in [3.63, 3.8) is 0 Å². The molecule has 0 aliphatic carbocycles. The summed E-state index contributed by atoms with van der Waals surface area (Å²) in [6, 6.07) is 21.3. The molecule has 0 aromatic heterocycles. The van der Waals surface area contributed by atoms with Crippen LogP contribution < -0.4 is 9.47 Å². The van der Waals surface area contributed by atoms with Gasteiger partial charge in [-0.15, -0.1) is 13.2 Å². The van der Waals surface area contributed by atoms with E-state index in [-0.39, 0.29) is 0 Å². The molecule has 0 saturated carbocycles. The average molecular weight is 395 g/mol. The largest absolute Gasteiger partial charge is 0.496 e. The molecule has 0 atom stereocenters. The number of hydrogen-bond donors (Lipinski definition) is 0. The summed E-state index contributed by atoms with van der Waals surface area (Å²) in [5.41, 5.74) is 4.35. The van der Waals surface area contributed by atoms with E-state index in [1.165, 1.54) is 10.8 Å². The van der Waals surface area contributed by atoms with Gasteiger partial charge in [0.1, 0.15) is 11.5 Å². The lowest BCUT2D eigenvalue weighted by Crippen LogP contribution is -2.00. The first-order valence-corrected chi connectivity index (χ1v) is 10.1. The molecule has 30 heavy (non-hydrogen) atoms. The minimum Gasteiger partial charge on any atom is -0.496 e. The van der Waals surface area contributed by atoms with E-state index in [1.54, 1.807) is 14.2 Å². The van der Waals surface area contributed by atoms with Crippen LogP contribution in [-0.2, 0) is 12.8 Å². The number of hydrogen-bond acceptors (Lipinski definition) is 2. The molecule has 0 amide bonds. The van der Waals surface area contributed by atoms with Crippen molar-refractivity contribution in [2.24, 2.45) is 0 Å². The second-order valence-corrected chi connectivity index (χ2v) is 7.32. The minimum absolute atomic E-state index is 0.730. The Morgan fingerprint density at radius 2 is 1.07 bits per heavy atom. The molecule has 0 saturated heterocycles. The van der Waals surface area contributed by atoms with Crippen LogP contribution in [0, 0.1) is 0 Å². The van der Waals surface area contributed by atoms with E-state index in [4.69, 9.17) is 9.47 Å². The predicted molar refractivity (Wildman–Crippen MR) is 128 cm³/mol. The maximum absolute atomic E-state index is 6.02. The van der Waals surface area contributed by atoms with Crippen molar-refractivity contribution >= 4 is 21.5 Å². The Balaban J connectivity index is 2.25. The summed E-state index contributed by atoms with van der Waals surface area (Å²) in [5, 5.41) is 4.62. The molecule has 4 rings (SSSR count). The molecule has 4 aromatic carbocycles. The van der Waals surface area contributed by atoms with Crippen LogP contribution in [0.15, 0.2) is 86.0 Å². The van der Waals surface area contributed by atoms with Crippen molar-refractivity contribution in [2.75, 3.05) is 14.2 Å². The Bertz CT molecular complexity index is 1150. The lowest BCUT2D eigenvalue weighted by atomic mass is 9.87. The van der Waals surface area contributed by atoms with Gasteiger partial charge >= 0.3 is 0 Å². The van der Waals surface area contributed by atoms with Crippen LogP contribution in [0.25, 0.3) is 32.7 Å². The van der Waals surface area contributed by atoms with E-state index >= 15 is 0 Å². The third-order valence-electron chi connectivity index (χ3n) is 5.54. The van der Waals surface area contributed by atoms with Crippen molar-refractivity contribution in [2.45, 2.75) is 12.8 Å². The molecule has 0 heterocycles. The van der Waals surface area contributed by atoms with Crippen LogP contribution >= 0.6 is 0 Å². The molecule has 0 unspecified atom stereocenters. The molecule has 0 fully saturated rings. The van der Waals surface area contributed by atoms with Crippen LogP contribution in [0.1, 0.15) is 11.1 Å². The van der Waals surface area contributed by atoms with Gasteiger partial charge in [0.15, 0.2) is 0 Å². The first-order valence-electron chi connectivity index (χ1n) is 10.1. The summed E-state index contributed by atoms with van der Waals surface area (Å²) >= 11 is 0. The summed E-state index contributed by atoms with van der Waals surface area (Å²) in [5.74, 6) is 1.74. The highest BCUT2D eigenvalue weighted by Crippen LogP contribution is 2.48. The Hall–Kier alpha value is -3.52. The van der Waals surface area contributed by atoms with Crippen molar-refractivity contribution in [3.05, 3.63) is 97.1 Å². The SMILES string of the molecule is C=CCc1cc2ccccc2c(-c2c(OC)c(CC=C)cc3ccccc23)c1OC. The van der Waals surface area contributed by atoms with E-state index in [1.807, 2.05) is 12.2 Å². The number of allylic oxidation sites excluding steroid dienone is 2. The van der Waals surface area contributed by atoms with Crippen molar-refractivity contribution in [3.8, 4) is 22.6 Å². The van der Waals surface area contributed by atoms with E-state index in [0.29, 0.717) is 0 Å². The molecule has 0 radical (unpaired) electrons. The Morgan fingerprint density at radius 3 is 1.43 bits per heavy atom. The fourth-order valence-electron chi connectivity index (χ4n) is 4.35.